The van der Waals surface area contributed by atoms with Gasteiger partial charge in [0.1, 0.15) is 0 Å². The monoisotopic (exact) mass is 307 g/mol. The molecule has 1 aromatic rings. The average Bonchev–Trinajstić information content (AvgIpc) is 2.96. The highest BCUT2D eigenvalue weighted by atomic mass is 16.5. The van der Waals surface area contributed by atoms with Crippen LogP contribution < -0.4 is 0 Å². The Morgan fingerprint density at radius 1 is 1.32 bits per heavy atom. The molecule has 1 aliphatic carbocycles. The first-order chi connectivity index (χ1) is 10.4. The molecule has 1 aromatic heterocycles. The van der Waals surface area contributed by atoms with Gasteiger partial charge in [-0.2, -0.15) is 0 Å². The third-order valence-corrected chi connectivity index (χ3v) is 5.00. The van der Waals surface area contributed by atoms with Gasteiger partial charge in [0.25, 0.3) is 0 Å². The van der Waals surface area contributed by atoms with Crippen molar-refractivity contribution < 1.29 is 4.74 Å². The van der Waals surface area contributed by atoms with Crippen LogP contribution in [0.25, 0.3) is 0 Å². The number of hydrogen-bond donors (Lipinski definition) is 0. The van der Waals surface area contributed by atoms with E-state index >= 15 is 0 Å². The van der Waals surface area contributed by atoms with Crippen LogP contribution in [-0.2, 0) is 11.2 Å². The van der Waals surface area contributed by atoms with Crippen LogP contribution in [0, 0.1) is 11.8 Å². The molecule has 22 heavy (non-hydrogen) atoms. The van der Waals surface area contributed by atoms with Crippen LogP contribution >= 0.6 is 0 Å². The van der Waals surface area contributed by atoms with Crippen molar-refractivity contribution in [2.45, 2.75) is 84.8 Å². The van der Waals surface area contributed by atoms with Crippen LogP contribution in [0.1, 0.15) is 78.5 Å². The van der Waals surface area contributed by atoms with E-state index in [2.05, 4.69) is 44.9 Å². The third kappa shape index (κ3) is 5.08. The normalized spacial score (nSPS) is 24.4. The molecule has 0 bridgehead atoms. The maximum absolute atomic E-state index is 6.23. The SMILES string of the molecule is CCc1cn(C(C)COC(C)(C)CC2CCC(C)CC2)nn1. The maximum Gasteiger partial charge on any atom is 0.0824 e. The molecular formula is C18H33N3O. The lowest BCUT2D eigenvalue weighted by Crippen LogP contribution is -2.31. The Kier molecular flexibility index (Phi) is 6.01. The first-order valence-electron chi connectivity index (χ1n) is 8.94. The molecule has 0 saturated heterocycles. The zero-order valence-electron chi connectivity index (χ0n) is 15.0. The van der Waals surface area contributed by atoms with Gasteiger partial charge in [0.15, 0.2) is 0 Å². The second kappa shape index (κ2) is 7.58. The van der Waals surface area contributed by atoms with E-state index in [0.29, 0.717) is 6.61 Å². The highest BCUT2D eigenvalue weighted by molar-refractivity contribution is 4.92. The molecular weight excluding hydrogens is 274 g/mol. The molecule has 1 saturated carbocycles. The summed E-state index contributed by atoms with van der Waals surface area (Å²) < 4.78 is 8.16. The van der Waals surface area contributed by atoms with E-state index in [0.717, 1.165) is 24.0 Å². The Hall–Kier alpha value is -0.900. The van der Waals surface area contributed by atoms with Crippen LogP contribution in [0.5, 0.6) is 0 Å². The minimum Gasteiger partial charge on any atom is -0.373 e. The first kappa shape index (κ1) is 17.5. The largest absolute Gasteiger partial charge is 0.373 e. The molecule has 1 fully saturated rings. The highest BCUT2D eigenvalue weighted by Crippen LogP contribution is 2.34. The Bertz CT molecular complexity index is 447. The molecule has 0 radical (unpaired) electrons. The summed E-state index contributed by atoms with van der Waals surface area (Å²) >= 11 is 0. The van der Waals surface area contributed by atoms with Crippen LogP contribution in [0.15, 0.2) is 6.20 Å². The molecule has 2 rings (SSSR count). The van der Waals surface area contributed by atoms with Crippen molar-refractivity contribution in [1.29, 1.82) is 0 Å². The van der Waals surface area contributed by atoms with Gasteiger partial charge < -0.3 is 4.74 Å². The molecule has 1 unspecified atom stereocenters. The standard InChI is InChI=1S/C18H33N3O/c1-6-17-12-21(20-19-17)15(3)13-22-18(4,5)11-16-9-7-14(2)8-10-16/h12,14-16H,6-11,13H2,1-5H3. The summed E-state index contributed by atoms with van der Waals surface area (Å²) in [6.45, 7) is 11.8. The minimum atomic E-state index is -0.0479. The van der Waals surface area contributed by atoms with Crippen molar-refractivity contribution in [3.05, 3.63) is 11.9 Å². The Morgan fingerprint density at radius 2 is 2.00 bits per heavy atom. The van der Waals surface area contributed by atoms with Crippen LogP contribution in [0.2, 0.25) is 0 Å². The quantitative estimate of drug-likeness (QED) is 0.749. The van der Waals surface area contributed by atoms with E-state index in [1.54, 1.807) is 0 Å². The predicted molar refractivity (Wildman–Crippen MR) is 89.9 cm³/mol. The summed E-state index contributed by atoms with van der Waals surface area (Å²) in [4.78, 5) is 0. The third-order valence-electron chi connectivity index (χ3n) is 5.00. The predicted octanol–water partition coefficient (Wildman–Crippen LogP) is 4.41. The van der Waals surface area contributed by atoms with Crippen molar-refractivity contribution >= 4 is 0 Å². The number of rotatable bonds is 7. The minimum absolute atomic E-state index is 0.0479. The van der Waals surface area contributed by atoms with E-state index in [1.165, 1.54) is 32.1 Å². The van der Waals surface area contributed by atoms with Gasteiger partial charge in [0.05, 0.1) is 23.9 Å². The summed E-state index contributed by atoms with van der Waals surface area (Å²) in [5, 5.41) is 8.36. The van der Waals surface area contributed by atoms with Gasteiger partial charge in [-0.3, -0.25) is 0 Å². The molecule has 4 nitrogen and oxygen atoms in total. The number of hydrogen-bond acceptors (Lipinski definition) is 3. The summed E-state index contributed by atoms with van der Waals surface area (Å²) in [6.07, 6.45) is 9.64. The van der Waals surface area contributed by atoms with Gasteiger partial charge in [-0.05, 0) is 45.4 Å². The zero-order valence-corrected chi connectivity index (χ0v) is 15.0. The van der Waals surface area contributed by atoms with Crippen LogP contribution in [-0.4, -0.2) is 27.2 Å². The number of ether oxygens (including phenoxy) is 1. The summed E-state index contributed by atoms with van der Waals surface area (Å²) in [5.41, 5.74) is 0.996. The lowest BCUT2D eigenvalue weighted by atomic mass is 9.78. The summed E-state index contributed by atoms with van der Waals surface area (Å²) in [5.74, 6) is 1.75. The van der Waals surface area contributed by atoms with Crippen molar-refractivity contribution in [3.8, 4) is 0 Å². The lowest BCUT2D eigenvalue weighted by molar-refractivity contribution is -0.0508. The van der Waals surface area contributed by atoms with Gasteiger partial charge in [-0.1, -0.05) is 44.7 Å². The number of nitrogens with zero attached hydrogens (tertiary/aromatic N) is 3. The maximum atomic E-state index is 6.23. The van der Waals surface area contributed by atoms with Crippen molar-refractivity contribution in [2.75, 3.05) is 6.61 Å². The fourth-order valence-electron chi connectivity index (χ4n) is 3.40. The number of aromatic nitrogens is 3. The highest BCUT2D eigenvalue weighted by Gasteiger charge is 2.27. The Balaban J connectivity index is 1.78. The summed E-state index contributed by atoms with van der Waals surface area (Å²) in [7, 11) is 0. The molecule has 4 heteroatoms. The molecule has 0 spiro atoms. The molecule has 1 atom stereocenters. The van der Waals surface area contributed by atoms with Gasteiger partial charge in [0.2, 0.25) is 0 Å². The summed E-state index contributed by atoms with van der Waals surface area (Å²) in [6, 6.07) is 0.235. The molecule has 0 aliphatic heterocycles. The lowest BCUT2D eigenvalue weighted by Gasteiger charge is -2.34. The van der Waals surface area contributed by atoms with E-state index in [-0.39, 0.29) is 11.6 Å². The molecule has 1 aliphatic rings. The van der Waals surface area contributed by atoms with Crippen LogP contribution in [0.4, 0.5) is 0 Å². The molecule has 0 N–H and O–H groups in total. The topological polar surface area (TPSA) is 39.9 Å². The van der Waals surface area contributed by atoms with Crippen molar-refractivity contribution in [1.82, 2.24) is 15.0 Å². The number of aryl methyl sites for hydroxylation is 1. The van der Waals surface area contributed by atoms with Gasteiger partial charge in [0, 0.05) is 6.20 Å². The van der Waals surface area contributed by atoms with E-state index in [9.17, 15) is 0 Å². The average molecular weight is 307 g/mol. The van der Waals surface area contributed by atoms with Gasteiger partial charge in [-0.25, -0.2) is 4.68 Å². The van der Waals surface area contributed by atoms with Gasteiger partial charge in [-0.15, -0.1) is 5.10 Å². The second-order valence-corrected chi connectivity index (χ2v) is 7.79. The fraction of sp³-hybridized carbons (Fsp3) is 0.889. The molecule has 1 heterocycles. The van der Waals surface area contributed by atoms with Crippen LogP contribution in [0.3, 0.4) is 0 Å². The van der Waals surface area contributed by atoms with E-state index in [4.69, 9.17) is 4.74 Å². The zero-order chi connectivity index (χ0) is 16.2. The second-order valence-electron chi connectivity index (χ2n) is 7.79. The molecule has 0 aromatic carbocycles. The first-order valence-corrected chi connectivity index (χ1v) is 8.94. The van der Waals surface area contributed by atoms with Crippen molar-refractivity contribution in [3.63, 3.8) is 0 Å². The Labute approximate surface area is 135 Å². The van der Waals surface area contributed by atoms with Gasteiger partial charge >= 0.3 is 0 Å². The van der Waals surface area contributed by atoms with E-state index in [1.807, 2.05) is 10.9 Å². The molecule has 0 amide bonds. The Morgan fingerprint density at radius 3 is 2.59 bits per heavy atom. The van der Waals surface area contributed by atoms with E-state index < -0.39 is 0 Å². The smallest absolute Gasteiger partial charge is 0.0824 e. The van der Waals surface area contributed by atoms with Crippen molar-refractivity contribution in [2.24, 2.45) is 11.8 Å². The fourth-order valence-corrected chi connectivity index (χ4v) is 3.40. The molecule has 126 valence electrons.